The fourth-order valence-corrected chi connectivity index (χ4v) is 5.02. The highest BCUT2D eigenvalue weighted by atomic mass is 35.5. The van der Waals surface area contributed by atoms with Crippen LogP contribution in [0.4, 0.5) is 10.5 Å². The molecule has 2 saturated carbocycles. The zero-order valence-electron chi connectivity index (χ0n) is 19.4. The number of anilines is 1. The molecule has 1 atom stereocenters. The highest BCUT2D eigenvalue weighted by molar-refractivity contribution is 7.07. The second kappa shape index (κ2) is 8.90. The van der Waals surface area contributed by atoms with Crippen LogP contribution in [0.3, 0.4) is 0 Å². The fraction of sp³-hybridized carbons (Fsp3) is 0.320. The van der Waals surface area contributed by atoms with Crippen molar-refractivity contribution in [1.82, 2.24) is 14.3 Å². The number of benzene rings is 1. The van der Waals surface area contributed by atoms with E-state index in [0.29, 0.717) is 34.0 Å². The number of oxazole rings is 2. The maximum atomic E-state index is 12.7. The summed E-state index contributed by atoms with van der Waals surface area (Å²) in [5.74, 6) is 5.21. The maximum absolute atomic E-state index is 12.7. The molecular formula is C25H19ClN4O6S. The lowest BCUT2D eigenvalue weighted by atomic mass is 10.1. The van der Waals surface area contributed by atoms with Gasteiger partial charge in [-0.1, -0.05) is 29.8 Å². The molecule has 12 heteroatoms. The first-order valence-electron chi connectivity index (χ1n) is 11.6. The van der Waals surface area contributed by atoms with E-state index in [2.05, 4.69) is 31.5 Å². The lowest BCUT2D eigenvalue weighted by Crippen LogP contribution is -2.19. The Morgan fingerprint density at radius 2 is 2.03 bits per heavy atom. The molecule has 4 aromatic rings. The summed E-state index contributed by atoms with van der Waals surface area (Å²) in [6.45, 7) is 1.74. The number of nitrogens with zero attached hydrogens (tertiary/aromatic N) is 3. The van der Waals surface area contributed by atoms with Gasteiger partial charge in [-0.05, 0) is 62.0 Å². The Hall–Kier alpha value is -3.88. The van der Waals surface area contributed by atoms with Crippen LogP contribution in [0.15, 0.2) is 33.1 Å². The van der Waals surface area contributed by atoms with Crippen LogP contribution >= 0.6 is 23.1 Å². The lowest BCUT2D eigenvalue weighted by Gasteiger charge is -2.15. The average Bonchev–Trinajstić information content (AvgIpc) is 3.75. The molecule has 2 aliphatic rings. The first-order valence-corrected chi connectivity index (χ1v) is 12.7. The van der Waals surface area contributed by atoms with Crippen LogP contribution < -0.4 is 5.32 Å². The largest absolute Gasteiger partial charge is 0.480 e. The number of aromatic nitrogens is 3. The van der Waals surface area contributed by atoms with E-state index in [4.69, 9.17) is 25.2 Å². The summed E-state index contributed by atoms with van der Waals surface area (Å²) in [6.07, 6.45) is 1.69. The van der Waals surface area contributed by atoms with Gasteiger partial charge in [-0.2, -0.15) is 14.3 Å². The summed E-state index contributed by atoms with van der Waals surface area (Å²) in [5, 5.41) is 12.7. The van der Waals surface area contributed by atoms with Gasteiger partial charge in [-0.25, -0.2) is 4.79 Å². The minimum absolute atomic E-state index is 0.0188. The van der Waals surface area contributed by atoms with Crippen LogP contribution in [-0.2, 0) is 14.9 Å². The van der Waals surface area contributed by atoms with Crippen molar-refractivity contribution in [2.45, 2.75) is 50.0 Å². The Morgan fingerprint density at radius 3 is 2.70 bits per heavy atom. The van der Waals surface area contributed by atoms with Gasteiger partial charge in [0.2, 0.25) is 11.5 Å². The molecule has 6 rings (SSSR count). The van der Waals surface area contributed by atoms with E-state index in [-0.39, 0.29) is 29.1 Å². The van der Waals surface area contributed by atoms with Gasteiger partial charge in [0.05, 0.1) is 11.4 Å². The zero-order valence-corrected chi connectivity index (χ0v) is 21.0. The highest BCUT2D eigenvalue weighted by Gasteiger charge is 2.56. The fourth-order valence-electron chi connectivity index (χ4n) is 3.96. The number of carboxylic acids is 1. The molecule has 0 radical (unpaired) electrons. The molecule has 3 heterocycles. The summed E-state index contributed by atoms with van der Waals surface area (Å²) >= 11 is 7.38. The molecule has 1 aromatic carbocycles. The normalized spacial score (nSPS) is 16.6. The van der Waals surface area contributed by atoms with Crippen LogP contribution in [0.2, 0.25) is 5.02 Å². The van der Waals surface area contributed by atoms with Crippen molar-refractivity contribution in [3.8, 4) is 11.8 Å². The minimum atomic E-state index is -1.09. The third kappa shape index (κ3) is 4.43. The second-order valence-electron chi connectivity index (χ2n) is 9.03. The van der Waals surface area contributed by atoms with Crippen molar-refractivity contribution in [1.29, 1.82) is 0 Å². The Morgan fingerprint density at radius 1 is 1.24 bits per heavy atom. The van der Waals surface area contributed by atoms with Crippen LogP contribution in [0, 0.1) is 11.8 Å². The van der Waals surface area contributed by atoms with E-state index < -0.39 is 23.6 Å². The standard InChI is InChI=1S/C25H19ClN4O6S/c1-12(14-4-2-3-5-15(14)26)34-24(33)28-19-16(37-30-18(19)13-6-7-13)8-9-17-27-20-21(35-17)36-22(29-20)25(10-11-25)23(31)32/h2-5,12-13H,6-7,10-11H2,1H3,(H,28,33)(H,31,32). The SMILES string of the molecule is CC(OC(=O)Nc1c(C2CC2)nsc1C#Cc1nc2nc(C3(C(=O)O)CC3)oc2o1)c1ccccc1Cl. The first kappa shape index (κ1) is 23.5. The van der Waals surface area contributed by atoms with Crippen molar-refractivity contribution in [3.05, 3.63) is 57.2 Å². The molecule has 0 aliphatic heterocycles. The number of carbonyl (C=O) groups is 2. The van der Waals surface area contributed by atoms with Crippen molar-refractivity contribution in [2.24, 2.45) is 0 Å². The quantitative estimate of drug-likeness (QED) is 0.299. The van der Waals surface area contributed by atoms with E-state index in [1.54, 1.807) is 19.1 Å². The Balaban J connectivity index is 1.21. The molecule has 0 spiro atoms. The first-order chi connectivity index (χ1) is 17.8. The van der Waals surface area contributed by atoms with Gasteiger partial charge in [-0.3, -0.25) is 10.1 Å². The molecule has 1 unspecified atom stereocenters. The number of aliphatic carboxylic acids is 1. The summed E-state index contributed by atoms with van der Waals surface area (Å²) < 4.78 is 21.1. The van der Waals surface area contributed by atoms with Crippen LogP contribution in [0.5, 0.6) is 0 Å². The molecule has 188 valence electrons. The number of amides is 1. The van der Waals surface area contributed by atoms with Crippen molar-refractivity contribution < 1.29 is 28.3 Å². The lowest BCUT2D eigenvalue weighted by molar-refractivity contribution is -0.140. The van der Waals surface area contributed by atoms with Gasteiger partial charge < -0.3 is 18.7 Å². The van der Waals surface area contributed by atoms with Crippen LogP contribution in [0.1, 0.15) is 72.5 Å². The highest BCUT2D eigenvalue weighted by Crippen LogP contribution is 2.48. The third-order valence-electron chi connectivity index (χ3n) is 6.36. The second-order valence-corrected chi connectivity index (χ2v) is 10.2. The van der Waals surface area contributed by atoms with E-state index in [1.807, 2.05) is 12.1 Å². The molecule has 2 aliphatic carbocycles. The summed E-state index contributed by atoms with van der Waals surface area (Å²) in [4.78, 5) is 33.1. The van der Waals surface area contributed by atoms with Gasteiger partial charge in [0, 0.05) is 16.5 Å². The molecule has 37 heavy (non-hydrogen) atoms. The van der Waals surface area contributed by atoms with Gasteiger partial charge in [0.1, 0.15) is 16.4 Å². The molecule has 0 saturated heterocycles. The number of hydrogen-bond acceptors (Lipinski definition) is 9. The predicted octanol–water partition coefficient (Wildman–Crippen LogP) is 5.63. The van der Waals surface area contributed by atoms with Gasteiger partial charge >= 0.3 is 17.8 Å². The number of rotatable bonds is 6. The monoisotopic (exact) mass is 538 g/mol. The number of halogens is 1. The minimum Gasteiger partial charge on any atom is -0.480 e. The van der Waals surface area contributed by atoms with Gasteiger partial charge in [0.15, 0.2) is 0 Å². The maximum Gasteiger partial charge on any atom is 0.412 e. The van der Waals surface area contributed by atoms with Crippen LogP contribution in [0.25, 0.3) is 11.4 Å². The molecule has 3 aromatic heterocycles. The van der Waals surface area contributed by atoms with Crippen LogP contribution in [-0.4, -0.2) is 31.5 Å². The average molecular weight is 539 g/mol. The topological polar surface area (TPSA) is 141 Å². The number of ether oxygens (including phenoxy) is 1. The molecule has 2 fully saturated rings. The van der Waals surface area contributed by atoms with E-state index in [0.717, 1.165) is 30.1 Å². The molecule has 2 N–H and O–H groups in total. The molecular weight excluding hydrogens is 520 g/mol. The summed E-state index contributed by atoms with van der Waals surface area (Å²) in [7, 11) is 0. The van der Waals surface area contributed by atoms with Gasteiger partial charge in [0.25, 0.3) is 5.89 Å². The zero-order chi connectivity index (χ0) is 25.7. The summed E-state index contributed by atoms with van der Waals surface area (Å²) in [5.41, 5.74) is 1.04. The van der Waals surface area contributed by atoms with Gasteiger partial charge in [-0.15, -0.1) is 0 Å². The number of carboxylic acid groups (broad SMARTS) is 1. The Labute approximate surface area is 219 Å². The predicted molar refractivity (Wildman–Crippen MR) is 133 cm³/mol. The molecule has 1 amide bonds. The van der Waals surface area contributed by atoms with Crippen molar-refractivity contribution in [3.63, 3.8) is 0 Å². The smallest absolute Gasteiger partial charge is 0.412 e. The number of nitrogens with one attached hydrogen (secondary N) is 1. The Kier molecular flexibility index (Phi) is 5.66. The number of hydrogen-bond donors (Lipinski definition) is 2. The molecule has 0 bridgehead atoms. The Bertz CT molecular complexity index is 1570. The third-order valence-corrected chi connectivity index (χ3v) is 7.49. The van der Waals surface area contributed by atoms with E-state index in [9.17, 15) is 14.7 Å². The molecule has 10 nitrogen and oxygen atoms in total. The summed E-state index contributed by atoms with van der Waals surface area (Å²) in [6, 6.07) is 7.17. The number of fused-ring (bicyclic) bond motifs is 1. The van der Waals surface area contributed by atoms with Crippen molar-refractivity contribution >= 4 is 52.3 Å². The van der Waals surface area contributed by atoms with E-state index in [1.165, 1.54) is 0 Å². The number of carbonyl (C=O) groups excluding carboxylic acids is 1. The van der Waals surface area contributed by atoms with E-state index >= 15 is 0 Å². The van der Waals surface area contributed by atoms with Crippen molar-refractivity contribution in [2.75, 3.05) is 5.32 Å².